The van der Waals surface area contributed by atoms with Crippen molar-refractivity contribution < 1.29 is 17.9 Å². The van der Waals surface area contributed by atoms with Crippen molar-refractivity contribution in [2.75, 3.05) is 0 Å². The molecule has 0 aliphatic carbocycles. The standard InChI is InChI=1S/C12H7F3N4O3/c13-12(14,15)22-7-3-1-2-6(4-7)19-8-9(18-11(19)21)16-5-17-10(8)20/h1-5H,(H2,16,17,18,20,21). The van der Waals surface area contributed by atoms with Crippen molar-refractivity contribution in [3.8, 4) is 11.4 Å². The molecule has 1 aromatic carbocycles. The summed E-state index contributed by atoms with van der Waals surface area (Å²) in [6.45, 7) is 0. The van der Waals surface area contributed by atoms with Crippen molar-refractivity contribution in [1.82, 2.24) is 19.5 Å². The van der Waals surface area contributed by atoms with Gasteiger partial charge in [-0.2, -0.15) is 0 Å². The first-order valence-electron chi connectivity index (χ1n) is 5.90. The minimum Gasteiger partial charge on any atom is -0.406 e. The van der Waals surface area contributed by atoms with Crippen LogP contribution in [0.3, 0.4) is 0 Å². The van der Waals surface area contributed by atoms with Gasteiger partial charge in [0.2, 0.25) is 0 Å². The lowest BCUT2D eigenvalue weighted by Gasteiger charge is -2.10. The molecule has 0 radical (unpaired) electrons. The highest BCUT2D eigenvalue weighted by atomic mass is 19.4. The number of rotatable bonds is 2. The third-order valence-electron chi connectivity index (χ3n) is 2.79. The number of benzene rings is 1. The summed E-state index contributed by atoms with van der Waals surface area (Å²) in [5.41, 5.74) is -1.35. The summed E-state index contributed by atoms with van der Waals surface area (Å²) in [6, 6.07) is 4.71. The van der Waals surface area contributed by atoms with Crippen LogP contribution >= 0.6 is 0 Å². The van der Waals surface area contributed by atoms with E-state index in [2.05, 4.69) is 19.7 Å². The molecule has 0 saturated heterocycles. The largest absolute Gasteiger partial charge is 0.573 e. The summed E-state index contributed by atoms with van der Waals surface area (Å²) >= 11 is 0. The van der Waals surface area contributed by atoms with Gasteiger partial charge in [0.05, 0.1) is 12.0 Å². The number of halogens is 3. The summed E-state index contributed by atoms with van der Waals surface area (Å²) in [6.07, 6.45) is -3.75. The van der Waals surface area contributed by atoms with E-state index >= 15 is 0 Å². The second-order valence-electron chi connectivity index (χ2n) is 4.24. The molecule has 2 aromatic heterocycles. The Balaban J connectivity index is 2.20. The number of nitrogens with one attached hydrogen (secondary N) is 2. The Bertz CT molecular complexity index is 954. The molecule has 3 rings (SSSR count). The van der Waals surface area contributed by atoms with Gasteiger partial charge >= 0.3 is 12.1 Å². The highest BCUT2D eigenvalue weighted by Crippen LogP contribution is 2.24. The second-order valence-corrected chi connectivity index (χ2v) is 4.24. The molecule has 0 fully saturated rings. The predicted molar refractivity (Wildman–Crippen MR) is 69.0 cm³/mol. The first kappa shape index (κ1) is 13.9. The number of fused-ring (bicyclic) bond motifs is 1. The molecule has 7 nitrogen and oxygen atoms in total. The first-order chi connectivity index (χ1) is 10.3. The van der Waals surface area contributed by atoms with Gasteiger partial charge in [-0.1, -0.05) is 6.07 Å². The van der Waals surface area contributed by atoms with E-state index in [-0.39, 0.29) is 16.9 Å². The van der Waals surface area contributed by atoms with E-state index in [0.29, 0.717) is 0 Å². The topological polar surface area (TPSA) is 92.8 Å². The van der Waals surface area contributed by atoms with E-state index in [1.54, 1.807) is 0 Å². The van der Waals surface area contributed by atoms with Crippen LogP contribution in [0, 0.1) is 0 Å². The molecular weight excluding hydrogens is 305 g/mol. The number of H-pyrrole nitrogens is 2. The molecule has 114 valence electrons. The molecule has 0 amide bonds. The molecule has 0 spiro atoms. The number of alkyl halides is 3. The third-order valence-corrected chi connectivity index (χ3v) is 2.79. The number of hydrogen-bond acceptors (Lipinski definition) is 4. The molecule has 0 atom stereocenters. The summed E-state index contributed by atoms with van der Waals surface area (Å²) in [7, 11) is 0. The van der Waals surface area contributed by atoms with Crippen LogP contribution in [0.25, 0.3) is 16.9 Å². The van der Waals surface area contributed by atoms with E-state index in [0.717, 1.165) is 23.0 Å². The lowest BCUT2D eigenvalue weighted by molar-refractivity contribution is -0.274. The molecule has 2 heterocycles. The van der Waals surface area contributed by atoms with Gasteiger partial charge in [0.25, 0.3) is 5.56 Å². The Labute approximate surface area is 119 Å². The molecule has 0 unspecified atom stereocenters. The van der Waals surface area contributed by atoms with Crippen molar-refractivity contribution in [1.29, 1.82) is 0 Å². The minimum atomic E-state index is -4.86. The highest BCUT2D eigenvalue weighted by molar-refractivity contribution is 5.71. The van der Waals surface area contributed by atoms with Crippen LogP contribution in [-0.2, 0) is 0 Å². The maximum atomic E-state index is 12.2. The Morgan fingerprint density at radius 2 is 2.00 bits per heavy atom. The maximum absolute atomic E-state index is 12.2. The van der Waals surface area contributed by atoms with Gasteiger partial charge in [-0.15, -0.1) is 13.2 Å². The van der Waals surface area contributed by atoms with Crippen LogP contribution in [0.15, 0.2) is 40.2 Å². The Kier molecular flexibility index (Phi) is 3.01. The lowest BCUT2D eigenvalue weighted by Crippen LogP contribution is -2.20. The molecule has 2 N–H and O–H groups in total. The van der Waals surface area contributed by atoms with E-state index < -0.39 is 23.4 Å². The number of nitrogens with zero attached hydrogens (tertiary/aromatic N) is 2. The van der Waals surface area contributed by atoms with Crippen molar-refractivity contribution in [3.05, 3.63) is 51.4 Å². The van der Waals surface area contributed by atoms with Crippen molar-refractivity contribution in [2.24, 2.45) is 0 Å². The fourth-order valence-electron chi connectivity index (χ4n) is 2.02. The predicted octanol–water partition coefficient (Wildman–Crippen LogP) is 1.30. The fraction of sp³-hybridized carbons (Fsp3) is 0.0833. The van der Waals surface area contributed by atoms with Crippen LogP contribution < -0.4 is 16.0 Å². The molecule has 0 saturated carbocycles. The normalized spacial score (nSPS) is 11.8. The van der Waals surface area contributed by atoms with E-state index in [1.807, 2.05) is 0 Å². The number of aromatic amines is 2. The van der Waals surface area contributed by atoms with Crippen LogP contribution in [-0.4, -0.2) is 25.9 Å². The number of ether oxygens (including phenoxy) is 1. The van der Waals surface area contributed by atoms with Gasteiger partial charge in [-0.3, -0.25) is 14.3 Å². The monoisotopic (exact) mass is 312 g/mol. The fourth-order valence-corrected chi connectivity index (χ4v) is 2.02. The van der Waals surface area contributed by atoms with Crippen molar-refractivity contribution in [2.45, 2.75) is 6.36 Å². The third kappa shape index (κ3) is 2.45. The Hall–Kier alpha value is -3.04. The van der Waals surface area contributed by atoms with Gasteiger partial charge in [-0.25, -0.2) is 9.78 Å². The SMILES string of the molecule is O=c1[nH]cnc2[nH]c(=O)n(-c3cccc(OC(F)(F)F)c3)c12. The minimum absolute atomic E-state index is 0.0240. The molecule has 0 bridgehead atoms. The first-order valence-corrected chi connectivity index (χ1v) is 5.90. The molecule has 10 heteroatoms. The van der Waals surface area contributed by atoms with E-state index in [9.17, 15) is 22.8 Å². The van der Waals surface area contributed by atoms with Crippen LogP contribution in [0.4, 0.5) is 13.2 Å². The quantitative estimate of drug-likeness (QED) is 0.746. The molecule has 0 aliphatic heterocycles. The number of hydrogen-bond donors (Lipinski definition) is 2. The number of aromatic nitrogens is 4. The lowest BCUT2D eigenvalue weighted by atomic mass is 10.3. The second kappa shape index (κ2) is 4.76. The van der Waals surface area contributed by atoms with Gasteiger partial charge in [0.15, 0.2) is 11.2 Å². The zero-order valence-electron chi connectivity index (χ0n) is 10.6. The van der Waals surface area contributed by atoms with Crippen molar-refractivity contribution >= 4 is 11.2 Å². The maximum Gasteiger partial charge on any atom is 0.573 e. The molecule has 3 aromatic rings. The van der Waals surface area contributed by atoms with Crippen LogP contribution in [0.1, 0.15) is 0 Å². The van der Waals surface area contributed by atoms with E-state index in [4.69, 9.17) is 0 Å². The van der Waals surface area contributed by atoms with Crippen LogP contribution in [0.2, 0.25) is 0 Å². The van der Waals surface area contributed by atoms with Gasteiger partial charge in [0.1, 0.15) is 5.75 Å². The summed E-state index contributed by atoms with van der Waals surface area (Å²) in [5, 5.41) is 0. The highest BCUT2D eigenvalue weighted by Gasteiger charge is 2.31. The summed E-state index contributed by atoms with van der Waals surface area (Å²) in [4.78, 5) is 32.2. The molecule has 0 aliphatic rings. The zero-order chi connectivity index (χ0) is 15.9. The zero-order valence-corrected chi connectivity index (χ0v) is 10.6. The van der Waals surface area contributed by atoms with Crippen LogP contribution in [0.5, 0.6) is 5.75 Å². The summed E-state index contributed by atoms with van der Waals surface area (Å²) < 4.78 is 41.5. The molecule has 22 heavy (non-hydrogen) atoms. The van der Waals surface area contributed by atoms with Gasteiger partial charge < -0.3 is 9.72 Å². The number of imidazole rings is 1. The Morgan fingerprint density at radius 1 is 1.23 bits per heavy atom. The van der Waals surface area contributed by atoms with Gasteiger partial charge in [-0.05, 0) is 12.1 Å². The smallest absolute Gasteiger partial charge is 0.406 e. The van der Waals surface area contributed by atoms with E-state index in [1.165, 1.54) is 12.1 Å². The average molecular weight is 312 g/mol. The Morgan fingerprint density at radius 3 is 2.73 bits per heavy atom. The van der Waals surface area contributed by atoms with Crippen molar-refractivity contribution in [3.63, 3.8) is 0 Å². The molecular formula is C12H7F3N4O3. The average Bonchev–Trinajstić information content (AvgIpc) is 2.74. The van der Waals surface area contributed by atoms with Gasteiger partial charge in [0, 0.05) is 6.07 Å². The summed E-state index contributed by atoms with van der Waals surface area (Å²) in [5.74, 6) is -0.508.